The molecule has 0 spiro atoms. The number of fused-ring (bicyclic) bond motifs is 1. The van der Waals surface area contributed by atoms with Gasteiger partial charge in [-0.2, -0.15) is 5.10 Å². The predicted molar refractivity (Wildman–Crippen MR) is 143 cm³/mol. The second kappa shape index (κ2) is 10.2. The second-order valence-corrected chi connectivity index (χ2v) is 9.37. The maximum Gasteiger partial charge on any atom is 0.234 e. The van der Waals surface area contributed by atoms with Gasteiger partial charge in [0.15, 0.2) is 5.65 Å². The standard InChI is InChI=1S/C29H26N4OS/c1-20-25(18-22-12-6-3-7-13-22)29(35-19-26(34)31-24-16-10-5-11-17-24)33-28(30-20)27(21(2)32-33)23-14-8-4-9-15-23/h3-17H,18-19H2,1-2H3,(H,31,34). The number of para-hydroxylation sites is 1. The Balaban J connectivity index is 1.56. The molecule has 0 aliphatic heterocycles. The fourth-order valence-electron chi connectivity index (χ4n) is 4.22. The summed E-state index contributed by atoms with van der Waals surface area (Å²) in [4.78, 5) is 17.8. The lowest BCUT2D eigenvalue weighted by molar-refractivity contribution is -0.113. The molecule has 0 atom stereocenters. The summed E-state index contributed by atoms with van der Waals surface area (Å²) in [6, 6.07) is 30.1. The highest BCUT2D eigenvalue weighted by Crippen LogP contribution is 2.33. The number of carbonyl (C=O) groups is 1. The zero-order valence-electron chi connectivity index (χ0n) is 19.7. The van der Waals surface area contributed by atoms with Crippen molar-refractivity contribution < 1.29 is 4.79 Å². The second-order valence-electron chi connectivity index (χ2n) is 8.41. The lowest BCUT2D eigenvalue weighted by atomic mass is 10.0. The number of rotatable bonds is 7. The summed E-state index contributed by atoms with van der Waals surface area (Å²) in [6.07, 6.45) is 0.720. The Hall–Kier alpha value is -3.90. The first-order chi connectivity index (χ1) is 17.1. The summed E-state index contributed by atoms with van der Waals surface area (Å²) in [5.41, 5.74) is 7.85. The van der Waals surface area contributed by atoms with Gasteiger partial charge < -0.3 is 5.32 Å². The molecule has 0 fully saturated rings. The molecule has 0 bridgehead atoms. The van der Waals surface area contributed by atoms with Crippen LogP contribution in [0.25, 0.3) is 16.8 Å². The summed E-state index contributed by atoms with van der Waals surface area (Å²) in [5, 5.41) is 8.83. The summed E-state index contributed by atoms with van der Waals surface area (Å²) in [6.45, 7) is 4.06. The highest BCUT2D eigenvalue weighted by molar-refractivity contribution is 8.00. The highest BCUT2D eigenvalue weighted by atomic mass is 32.2. The summed E-state index contributed by atoms with van der Waals surface area (Å²) in [7, 11) is 0. The lowest BCUT2D eigenvalue weighted by Gasteiger charge is -2.14. The van der Waals surface area contributed by atoms with Gasteiger partial charge in [-0.15, -0.1) is 0 Å². The van der Waals surface area contributed by atoms with Gasteiger partial charge in [0.2, 0.25) is 5.91 Å². The largest absolute Gasteiger partial charge is 0.325 e. The third kappa shape index (κ3) is 4.98. The van der Waals surface area contributed by atoms with E-state index in [0.29, 0.717) is 0 Å². The van der Waals surface area contributed by atoms with Crippen LogP contribution in [0.5, 0.6) is 0 Å². The number of aromatic nitrogens is 3. The molecule has 2 heterocycles. The molecule has 6 heteroatoms. The Morgan fingerprint density at radius 3 is 2.17 bits per heavy atom. The fraction of sp³-hybridized carbons (Fsp3) is 0.138. The summed E-state index contributed by atoms with van der Waals surface area (Å²) >= 11 is 1.50. The van der Waals surface area contributed by atoms with Gasteiger partial charge in [0.05, 0.1) is 11.4 Å². The molecule has 5 aromatic rings. The van der Waals surface area contributed by atoms with Crippen molar-refractivity contribution in [3.05, 3.63) is 114 Å². The Bertz CT molecular complexity index is 1470. The molecule has 0 radical (unpaired) electrons. The van der Waals surface area contributed by atoms with Crippen molar-refractivity contribution in [2.75, 3.05) is 11.1 Å². The van der Waals surface area contributed by atoms with Crippen molar-refractivity contribution in [3.8, 4) is 11.1 Å². The number of nitrogens with one attached hydrogen (secondary N) is 1. The zero-order chi connectivity index (χ0) is 24.2. The van der Waals surface area contributed by atoms with Crippen molar-refractivity contribution in [3.63, 3.8) is 0 Å². The predicted octanol–water partition coefficient (Wildman–Crippen LogP) is 6.33. The van der Waals surface area contributed by atoms with E-state index in [-0.39, 0.29) is 11.7 Å². The first-order valence-corrected chi connectivity index (χ1v) is 12.5. The molecular formula is C29H26N4OS. The van der Waals surface area contributed by atoms with E-state index in [1.807, 2.05) is 85.1 Å². The van der Waals surface area contributed by atoms with Gasteiger partial charge in [-0.3, -0.25) is 4.79 Å². The van der Waals surface area contributed by atoms with E-state index < -0.39 is 0 Å². The average molecular weight is 479 g/mol. The van der Waals surface area contributed by atoms with Gasteiger partial charge in [0, 0.05) is 28.9 Å². The minimum absolute atomic E-state index is 0.0540. The first kappa shape index (κ1) is 22.9. The van der Waals surface area contributed by atoms with Crippen LogP contribution in [0.4, 0.5) is 5.69 Å². The molecule has 1 amide bonds. The molecule has 35 heavy (non-hydrogen) atoms. The molecule has 5 rings (SSSR count). The topological polar surface area (TPSA) is 59.3 Å². The van der Waals surface area contributed by atoms with E-state index in [0.717, 1.165) is 50.9 Å². The van der Waals surface area contributed by atoms with Crippen LogP contribution in [-0.2, 0) is 11.2 Å². The lowest BCUT2D eigenvalue weighted by Crippen LogP contribution is -2.15. The van der Waals surface area contributed by atoms with Gasteiger partial charge in [-0.1, -0.05) is 90.6 Å². The van der Waals surface area contributed by atoms with Gasteiger partial charge in [-0.25, -0.2) is 9.50 Å². The quantitative estimate of drug-likeness (QED) is 0.219. The van der Waals surface area contributed by atoms with Crippen LogP contribution >= 0.6 is 11.8 Å². The van der Waals surface area contributed by atoms with E-state index in [1.165, 1.54) is 17.3 Å². The number of thioether (sulfide) groups is 1. The molecule has 174 valence electrons. The number of hydrogen-bond donors (Lipinski definition) is 1. The molecule has 0 unspecified atom stereocenters. The van der Waals surface area contributed by atoms with Crippen molar-refractivity contribution in [1.82, 2.24) is 14.6 Å². The van der Waals surface area contributed by atoms with E-state index in [2.05, 4.69) is 29.6 Å². The Kier molecular flexibility index (Phi) is 6.64. The number of nitrogens with zero attached hydrogens (tertiary/aromatic N) is 3. The smallest absolute Gasteiger partial charge is 0.234 e. The van der Waals surface area contributed by atoms with Crippen molar-refractivity contribution in [1.29, 1.82) is 0 Å². The van der Waals surface area contributed by atoms with Gasteiger partial charge in [-0.05, 0) is 37.1 Å². The van der Waals surface area contributed by atoms with Crippen molar-refractivity contribution in [2.24, 2.45) is 0 Å². The Morgan fingerprint density at radius 1 is 0.857 bits per heavy atom. The number of benzene rings is 3. The Labute approximate surface area is 209 Å². The van der Waals surface area contributed by atoms with Crippen LogP contribution in [0, 0.1) is 13.8 Å². The minimum Gasteiger partial charge on any atom is -0.325 e. The monoisotopic (exact) mass is 478 g/mol. The van der Waals surface area contributed by atoms with E-state index >= 15 is 0 Å². The van der Waals surface area contributed by atoms with Crippen LogP contribution in [0.2, 0.25) is 0 Å². The van der Waals surface area contributed by atoms with Crippen LogP contribution in [-0.4, -0.2) is 26.3 Å². The average Bonchev–Trinajstić information content (AvgIpc) is 3.20. The third-order valence-corrected chi connectivity index (χ3v) is 6.98. The zero-order valence-corrected chi connectivity index (χ0v) is 20.5. The Morgan fingerprint density at radius 2 is 1.49 bits per heavy atom. The molecule has 1 N–H and O–H groups in total. The molecule has 2 aromatic heterocycles. The van der Waals surface area contributed by atoms with Crippen LogP contribution in [0.15, 0.2) is 96.0 Å². The van der Waals surface area contributed by atoms with Crippen LogP contribution < -0.4 is 5.32 Å². The SMILES string of the molecule is Cc1nc2c(-c3ccccc3)c(C)nn2c(SCC(=O)Nc2ccccc2)c1Cc1ccccc1. The molecule has 0 aliphatic carbocycles. The minimum atomic E-state index is -0.0540. The normalized spacial score (nSPS) is 11.0. The van der Waals surface area contributed by atoms with Crippen molar-refractivity contribution >= 4 is 29.0 Å². The highest BCUT2D eigenvalue weighted by Gasteiger charge is 2.21. The van der Waals surface area contributed by atoms with Gasteiger partial charge >= 0.3 is 0 Å². The van der Waals surface area contributed by atoms with E-state index in [4.69, 9.17) is 10.1 Å². The molecule has 3 aromatic carbocycles. The van der Waals surface area contributed by atoms with E-state index in [9.17, 15) is 4.79 Å². The number of anilines is 1. The van der Waals surface area contributed by atoms with Crippen LogP contribution in [0.3, 0.4) is 0 Å². The number of hydrogen-bond acceptors (Lipinski definition) is 4. The summed E-state index contributed by atoms with van der Waals surface area (Å²) < 4.78 is 1.92. The molecule has 0 saturated carbocycles. The summed E-state index contributed by atoms with van der Waals surface area (Å²) in [5.74, 6) is 0.219. The molecule has 5 nitrogen and oxygen atoms in total. The van der Waals surface area contributed by atoms with E-state index in [1.54, 1.807) is 0 Å². The van der Waals surface area contributed by atoms with Gasteiger partial charge in [0.25, 0.3) is 0 Å². The fourth-order valence-corrected chi connectivity index (χ4v) is 5.20. The molecule has 0 saturated heterocycles. The maximum absolute atomic E-state index is 12.8. The van der Waals surface area contributed by atoms with Gasteiger partial charge in [0.1, 0.15) is 5.03 Å². The third-order valence-electron chi connectivity index (χ3n) is 5.88. The number of carbonyl (C=O) groups excluding carboxylic acids is 1. The molecular weight excluding hydrogens is 452 g/mol. The first-order valence-electron chi connectivity index (χ1n) is 11.6. The maximum atomic E-state index is 12.8. The molecule has 0 aliphatic rings. The number of aryl methyl sites for hydroxylation is 2. The van der Waals surface area contributed by atoms with Crippen molar-refractivity contribution in [2.45, 2.75) is 25.3 Å². The van der Waals surface area contributed by atoms with Crippen LogP contribution in [0.1, 0.15) is 22.5 Å². The number of amides is 1.